The lowest BCUT2D eigenvalue weighted by Crippen LogP contribution is -2.14. The van der Waals surface area contributed by atoms with Crippen LogP contribution in [0, 0.1) is 13.8 Å². The Labute approximate surface area is 176 Å². The molecule has 4 rings (SSSR count). The summed E-state index contributed by atoms with van der Waals surface area (Å²) in [7, 11) is -2.20. The summed E-state index contributed by atoms with van der Waals surface area (Å²) in [4.78, 5) is 0.170. The lowest BCUT2D eigenvalue weighted by molar-refractivity contribution is 0.414. The molecular weight excluding hydrogens is 398 g/mol. The van der Waals surface area contributed by atoms with E-state index in [1.807, 2.05) is 29.8 Å². The molecular formula is C23H23N3O3S. The van der Waals surface area contributed by atoms with Crippen molar-refractivity contribution < 1.29 is 13.2 Å². The Kier molecular flexibility index (Phi) is 5.22. The first kappa shape index (κ1) is 20.0. The average Bonchev–Trinajstić information content (AvgIpc) is 3.01. The van der Waals surface area contributed by atoms with Crippen LogP contribution in [0.5, 0.6) is 5.75 Å². The van der Waals surface area contributed by atoms with E-state index in [0.717, 1.165) is 22.0 Å². The van der Waals surface area contributed by atoms with Crippen LogP contribution in [-0.4, -0.2) is 25.3 Å². The number of sulfonamides is 1. The van der Waals surface area contributed by atoms with Crippen molar-refractivity contribution in [2.45, 2.75) is 25.3 Å². The smallest absolute Gasteiger partial charge is 0.262 e. The molecule has 6 nitrogen and oxygen atoms in total. The Morgan fingerprint density at radius 3 is 2.40 bits per heavy atom. The zero-order valence-corrected chi connectivity index (χ0v) is 17.9. The molecule has 0 aliphatic carbocycles. The molecule has 7 heteroatoms. The number of hydrogen-bond donors (Lipinski definition) is 1. The third-order valence-corrected chi connectivity index (χ3v) is 6.55. The van der Waals surface area contributed by atoms with E-state index in [2.05, 4.69) is 34.1 Å². The Hall–Kier alpha value is -3.32. The van der Waals surface area contributed by atoms with Crippen LogP contribution in [0.15, 0.2) is 71.6 Å². The lowest BCUT2D eigenvalue weighted by atomic mass is 10.0. The van der Waals surface area contributed by atoms with Crippen LogP contribution in [0.1, 0.15) is 17.0 Å². The fraction of sp³-hybridized carbons (Fsp3) is 0.174. The minimum Gasteiger partial charge on any atom is -0.497 e. The number of nitrogens with zero attached hydrogens (tertiary/aromatic N) is 2. The summed E-state index contributed by atoms with van der Waals surface area (Å²) < 4.78 is 35.4. The molecule has 0 unspecified atom stereocenters. The lowest BCUT2D eigenvalue weighted by Gasteiger charge is -2.11. The second-order valence-electron chi connectivity index (χ2n) is 7.12. The normalized spacial score (nSPS) is 11.6. The van der Waals surface area contributed by atoms with Crippen molar-refractivity contribution in [3.05, 3.63) is 83.7 Å². The summed E-state index contributed by atoms with van der Waals surface area (Å²) in [6, 6.07) is 20.7. The second kappa shape index (κ2) is 7.84. The molecule has 0 spiro atoms. The van der Waals surface area contributed by atoms with Crippen molar-refractivity contribution in [1.29, 1.82) is 0 Å². The van der Waals surface area contributed by atoms with Crippen LogP contribution >= 0.6 is 0 Å². The van der Waals surface area contributed by atoms with Gasteiger partial charge in [-0.25, -0.2) is 8.42 Å². The molecule has 1 N–H and O–H groups in total. The predicted octanol–water partition coefficient (Wildman–Crippen LogP) is 4.51. The van der Waals surface area contributed by atoms with Crippen molar-refractivity contribution in [1.82, 2.24) is 9.78 Å². The van der Waals surface area contributed by atoms with E-state index >= 15 is 0 Å². The van der Waals surface area contributed by atoms with E-state index in [1.54, 1.807) is 26.2 Å². The summed E-state index contributed by atoms with van der Waals surface area (Å²) >= 11 is 0. The van der Waals surface area contributed by atoms with Gasteiger partial charge >= 0.3 is 0 Å². The predicted molar refractivity (Wildman–Crippen MR) is 119 cm³/mol. The number of rotatable bonds is 6. The van der Waals surface area contributed by atoms with Gasteiger partial charge in [-0.3, -0.25) is 9.40 Å². The van der Waals surface area contributed by atoms with Gasteiger partial charge in [-0.15, -0.1) is 0 Å². The van der Waals surface area contributed by atoms with Gasteiger partial charge < -0.3 is 4.74 Å². The average molecular weight is 422 g/mol. The number of aromatic nitrogens is 2. The highest BCUT2D eigenvalue weighted by Crippen LogP contribution is 2.26. The first-order valence-corrected chi connectivity index (χ1v) is 11.0. The zero-order valence-electron chi connectivity index (χ0n) is 17.1. The maximum atomic E-state index is 12.9. The molecule has 30 heavy (non-hydrogen) atoms. The highest BCUT2D eigenvalue weighted by atomic mass is 32.2. The number of ether oxygens (including phenoxy) is 1. The minimum absolute atomic E-state index is 0.170. The zero-order chi connectivity index (χ0) is 21.3. The molecule has 1 heterocycles. The molecule has 3 aromatic carbocycles. The highest BCUT2D eigenvalue weighted by Gasteiger charge is 2.20. The third-order valence-electron chi connectivity index (χ3n) is 5.19. The van der Waals surface area contributed by atoms with E-state index in [0.29, 0.717) is 23.7 Å². The molecule has 0 bridgehead atoms. The van der Waals surface area contributed by atoms with Crippen LogP contribution in [0.4, 0.5) is 5.69 Å². The summed E-state index contributed by atoms with van der Waals surface area (Å²) in [6.45, 7) is 4.23. The molecule has 0 amide bonds. The first-order chi connectivity index (χ1) is 14.4. The van der Waals surface area contributed by atoms with Crippen LogP contribution in [0.25, 0.3) is 10.8 Å². The number of fused-ring (bicyclic) bond motifs is 1. The maximum absolute atomic E-state index is 12.9. The largest absolute Gasteiger partial charge is 0.497 e. The van der Waals surface area contributed by atoms with Gasteiger partial charge in [0.1, 0.15) is 5.75 Å². The molecule has 4 aromatic rings. The van der Waals surface area contributed by atoms with Crippen LogP contribution in [0.2, 0.25) is 0 Å². The van der Waals surface area contributed by atoms with E-state index in [4.69, 9.17) is 4.74 Å². The fourth-order valence-corrected chi connectivity index (χ4v) is 4.71. The van der Waals surface area contributed by atoms with Crippen LogP contribution in [0.3, 0.4) is 0 Å². The molecule has 154 valence electrons. The van der Waals surface area contributed by atoms with Crippen LogP contribution in [-0.2, 0) is 16.6 Å². The molecule has 0 saturated heterocycles. The third kappa shape index (κ3) is 3.76. The van der Waals surface area contributed by atoms with Gasteiger partial charge in [0.2, 0.25) is 0 Å². The van der Waals surface area contributed by atoms with Gasteiger partial charge in [0.15, 0.2) is 0 Å². The SMILES string of the molecule is COc1ccc(S(=O)(=O)Nc2c(C)nn(Cc3cccc4ccccc34)c2C)cc1. The summed E-state index contributed by atoms with van der Waals surface area (Å²) in [5, 5.41) is 6.91. The molecule has 0 fully saturated rings. The van der Waals surface area contributed by atoms with Gasteiger partial charge in [-0.2, -0.15) is 5.10 Å². The Bertz CT molecular complexity index is 1300. The van der Waals surface area contributed by atoms with Gasteiger partial charge in [-0.05, 0) is 54.4 Å². The summed E-state index contributed by atoms with van der Waals surface area (Å²) in [5.74, 6) is 0.601. The molecule has 0 radical (unpaired) electrons. The Morgan fingerprint density at radius 2 is 1.67 bits per heavy atom. The van der Waals surface area contributed by atoms with E-state index in [9.17, 15) is 8.42 Å². The topological polar surface area (TPSA) is 73.2 Å². The Balaban J connectivity index is 1.65. The molecule has 0 atom stereocenters. The number of aryl methyl sites for hydroxylation is 1. The summed E-state index contributed by atoms with van der Waals surface area (Å²) in [5.41, 5.74) is 3.02. The van der Waals surface area contributed by atoms with Crippen molar-refractivity contribution in [3.63, 3.8) is 0 Å². The van der Waals surface area contributed by atoms with Crippen molar-refractivity contribution in [3.8, 4) is 5.75 Å². The van der Waals surface area contributed by atoms with E-state index in [-0.39, 0.29) is 4.90 Å². The minimum atomic E-state index is -3.74. The Morgan fingerprint density at radius 1 is 0.967 bits per heavy atom. The van der Waals surface area contributed by atoms with E-state index in [1.165, 1.54) is 12.1 Å². The molecule has 1 aromatic heterocycles. The van der Waals surface area contributed by atoms with Crippen molar-refractivity contribution in [2.24, 2.45) is 0 Å². The fourth-order valence-electron chi connectivity index (χ4n) is 3.54. The second-order valence-corrected chi connectivity index (χ2v) is 8.81. The first-order valence-electron chi connectivity index (χ1n) is 9.56. The van der Waals surface area contributed by atoms with Crippen molar-refractivity contribution >= 4 is 26.5 Å². The number of hydrogen-bond acceptors (Lipinski definition) is 4. The standard InChI is InChI=1S/C23H23N3O3S/c1-16-23(25-30(27,28)21-13-11-20(29-3)12-14-21)17(2)26(24-16)15-19-9-6-8-18-7-4-5-10-22(18)19/h4-14,25H,15H2,1-3H3. The highest BCUT2D eigenvalue weighted by molar-refractivity contribution is 7.92. The van der Waals surface area contributed by atoms with Crippen LogP contribution < -0.4 is 9.46 Å². The molecule has 0 aliphatic heterocycles. The number of anilines is 1. The number of nitrogens with one attached hydrogen (secondary N) is 1. The quantitative estimate of drug-likeness (QED) is 0.497. The number of benzene rings is 3. The number of methoxy groups -OCH3 is 1. The molecule has 0 saturated carbocycles. The van der Waals surface area contributed by atoms with Gasteiger partial charge in [-0.1, -0.05) is 42.5 Å². The maximum Gasteiger partial charge on any atom is 0.262 e. The molecule has 0 aliphatic rings. The van der Waals surface area contributed by atoms with Crippen molar-refractivity contribution in [2.75, 3.05) is 11.8 Å². The van der Waals surface area contributed by atoms with Gasteiger partial charge in [0, 0.05) is 0 Å². The monoisotopic (exact) mass is 421 g/mol. The van der Waals surface area contributed by atoms with Gasteiger partial charge in [0.25, 0.3) is 10.0 Å². The van der Waals surface area contributed by atoms with E-state index < -0.39 is 10.0 Å². The van der Waals surface area contributed by atoms with Gasteiger partial charge in [0.05, 0.1) is 35.6 Å². The summed E-state index contributed by atoms with van der Waals surface area (Å²) in [6.07, 6.45) is 0.